The van der Waals surface area contributed by atoms with Crippen LogP contribution in [0, 0.1) is 0 Å². The predicted molar refractivity (Wildman–Crippen MR) is 67.3 cm³/mol. The molecule has 0 aromatic heterocycles. The average molecular weight is 250 g/mol. The van der Waals surface area contributed by atoms with E-state index in [1.165, 1.54) is 13.2 Å². The van der Waals surface area contributed by atoms with Crippen molar-refractivity contribution >= 4 is 23.3 Å². The van der Waals surface area contributed by atoms with E-state index in [0.29, 0.717) is 12.3 Å². The number of ketones is 1. The molecule has 0 fully saturated rings. The van der Waals surface area contributed by atoms with Crippen molar-refractivity contribution in [3.05, 3.63) is 47.0 Å². The summed E-state index contributed by atoms with van der Waals surface area (Å²) in [5.41, 5.74) is 1.07. The fourth-order valence-electron chi connectivity index (χ4n) is 1.68. The van der Waals surface area contributed by atoms with E-state index >= 15 is 0 Å². The number of methoxy groups -OCH3 is 1. The highest BCUT2D eigenvalue weighted by atomic mass is 35.5. The van der Waals surface area contributed by atoms with Crippen LogP contribution in [0.5, 0.6) is 0 Å². The van der Waals surface area contributed by atoms with Gasteiger partial charge in [0.15, 0.2) is 5.78 Å². The first-order chi connectivity index (χ1) is 8.20. The van der Waals surface area contributed by atoms with Crippen LogP contribution in [0.4, 0.5) is 0 Å². The van der Waals surface area contributed by atoms with Gasteiger partial charge in [-0.2, -0.15) is 0 Å². The molecule has 0 spiro atoms. The number of benzene rings is 1. The number of nitrogens with zero attached hydrogens (tertiary/aromatic N) is 1. The Morgan fingerprint density at radius 2 is 2.06 bits per heavy atom. The lowest BCUT2D eigenvalue weighted by molar-refractivity contribution is -0.115. The molecule has 2 rings (SSSR count). The van der Waals surface area contributed by atoms with Gasteiger partial charge in [0.05, 0.1) is 7.11 Å². The Balaban J connectivity index is 2.17. The molecule has 1 aromatic rings. The third-order valence-corrected chi connectivity index (χ3v) is 2.81. The fourth-order valence-corrected chi connectivity index (χ4v) is 1.92. The summed E-state index contributed by atoms with van der Waals surface area (Å²) in [5.74, 6) is 0.242. The summed E-state index contributed by atoms with van der Waals surface area (Å²) in [7, 11) is 1.49. The van der Waals surface area contributed by atoms with Crippen LogP contribution in [0.1, 0.15) is 5.56 Å². The van der Waals surface area contributed by atoms with Gasteiger partial charge in [0.2, 0.25) is 5.90 Å². The van der Waals surface area contributed by atoms with E-state index in [2.05, 4.69) is 4.99 Å². The summed E-state index contributed by atoms with van der Waals surface area (Å²) in [6, 6.07) is 9.31. The van der Waals surface area contributed by atoms with E-state index in [1.807, 2.05) is 30.3 Å². The minimum Gasteiger partial charge on any atom is -0.480 e. The molecule has 1 aromatic carbocycles. The molecule has 0 amide bonds. The Bertz CT molecular complexity index is 479. The first kappa shape index (κ1) is 11.9. The number of rotatable bonds is 2. The summed E-state index contributed by atoms with van der Waals surface area (Å²) in [6.45, 7) is 0. The minimum absolute atomic E-state index is 0.0837. The summed E-state index contributed by atoms with van der Waals surface area (Å²) in [6.07, 6.45) is 1.94. The van der Waals surface area contributed by atoms with E-state index in [9.17, 15) is 4.79 Å². The highest BCUT2D eigenvalue weighted by Crippen LogP contribution is 2.17. The van der Waals surface area contributed by atoms with Crippen LogP contribution in [0.25, 0.3) is 0 Å². The zero-order chi connectivity index (χ0) is 12.3. The lowest BCUT2D eigenvalue weighted by Crippen LogP contribution is -2.26. The molecule has 0 saturated carbocycles. The number of aliphatic imine (C=N–C) groups is 1. The van der Waals surface area contributed by atoms with Crippen molar-refractivity contribution < 1.29 is 9.53 Å². The first-order valence-electron chi connectivity index (χ1n) is 5.28. The van der Waals surface area contributed by atoms with Crippen molar-refractivity contribution in [3.63, 3.8) is 0 Å². The Kier molecular flexibility index (Phi) is 3.59. The van der Waals surface area contributed by atoms with Crippen molar-refractivity contribution in [1.82, 2.24) is 0 Å². The molecule has 0 saturated heterocycles. The summed E-state index contributed by atoms with van der Waals surface area (Å²) in [5, 5.41) is 0.266. The number of carbonyl (C=O) groups excluding carboxylic acids is 1. The molecule has 0 unspecified atom stereocenters. The molecule has 0 N–H and O–H groups in total. The molecule has 0 radical (unpaired) electrons. The molecule has 1 atom stereocenters. The minimum atomic E-state index is -0.435. The van der Waals surface area contributed by atoms with Crippen molar-refractivity contribution in [2.75, 3.05) is 7.11 Å². The zero-order valence-electron chi connectivity index (χ0n) is 9.39. The van der Waals surface area contributed by atoms with E-state index in [1.54, 1.807) is 0 Å². The summed E-state index contributed by atoms with van der Waals surface area (Å²) in [4.78, 5) is 15.9. The number of hydrogen-bond donors (Lipinski definition) is 0. The van der Waals surface area contributed by atoms with Crippen molar-refractivity contribution in [2.24, 2.45) is 4.99 Å². The van der Waals surface area contributed by atoms with Crippen molar-refractivity contribution in [3.8, 4) is 0 Å². The molecule has 17 heavy (non-hydrogen) atoms. The Morgan fingerprint density at radius 3 is 2.71 bits per heavy atom. The van der Waals surface area contributed by atoms with E-state index < -0.39 is 6.04 Å². The quantitative estimate of drug-likeness (QED) is 0.807. The van der Waals surface area contributed by atoms with Crippen molar-refractivity contribution in [1.29, 1.82) is 0 Å². The number of halogens is 1. The second kappa shape index (κ2) is 5.15. The molecule has 1 heterocycles. The normalized spacial score (nSPS) is 19.6. The van der Waals surface area contributed by atoms with Crippen LogP contribution < -0.4 is 0 Å². The van der Waals surface area contributed by atoms with Gasteiger partial charge in [-0.1, -0.05) is 41.9 Å². The molecular weight excluding hydrogens is 238 g/mol. The highest BCUT2D eigenvalue weighted by Gasteiger charge is 2.24. The van der Waals surface area contributed by atoms with Gasteiger partial charge >= 0.3 is 0 Å². The molecule has 0 bridgehead atoms. The Morgan fingerprint density at radius 1 is 1.35 bits per heavy atom. The Hall–Kier alpha value is -1.61. The van der Waals surface area contributed by atoms with Gasteiger partial charge in [0, 0.05) is 12.5 Å². The lowest BCUT2D eigenvalue weighted by Gasteiger charge is -2.16. The summed E-state index contributed by atoms with van der Waals surface area (Å²) < 4.78 is 5.02. The average Bonchev–Trinajstić information content (AvgIpc) is 2.34. The third kappa shape index (κ3) is 2.74. The zero-order valence-corrected chi connectivity index (χ0v) is 10.1. The first-order valence-corrected chi connectivity index (χ1v) is 5.65. The maximum absolute atomic E-state index is 11.7. The van der Waals surface area contributed by atoms with Crippen LogP contribution >= 0.6 is 11.6 Å². The van der Waals surface area contributed by atoms with Crippen LogP contribution in [0.15, 0.2) is 46.4 Å². The highest BCUT2D eigenvalue weighted by molar-refractivity contribution is 6.44. The largest absolute Gasteiger partial charge is 0.480 e. The van der Waals surface area contributed by atoms with Gasteiger partial charge in [-0.15, -0.1) is 0 Å². The second-order valence-electron chi connectivity index (χ2n) is 3.74. The number of carbonyl (C=O) groups is 1. The predicted octanol–water partition coefficient (Wildman–Crippen LogP) is 2.35. The van der Waals surface area contributed by atoms with Gasteiger partial charge in [-0.3, -0.25) is 4.79 Å². The standard InChI is InChI=1S/C13H12ClNO2/c1-17-13-10(14)8-12(16)11(15-13)7-9-5-3-2-4-6-9/h2-6,8,11H,7H2,1H3/t11-/m0/s1. The van der Waals surface area contributed by atoms with Crippen LogP contribution in [-0.4, -0.2) is 24.8 Å². The Labute approximate surface area is 105 Å². The number of ether oxygens (including phenoxy) is 1. The molecule has 1 aliphatic rings. The fraction of sp³-hybridized carbons (Fsp3) is 0.231. The van der Waals surface area contributed by atoms with Gasteiger partial charge in [-0.05, 0) is 5.56 Å². The second-order valence-corrected chi connectivity index (χ2v) is 4.15. The number of dihydropyridines is 1. The molecule has 4 heteroatoms. The van der Waals surface area contributed by atoms with Crippen LogP contribution in [0.2, 0.25) is 0 Å². The van der Waals surface area contributed by atoms with Gasteiger partial charge < -0.3 is 4.74 Å². The maximum Gasteiger partial charge on any atom is 0.228 e. The molecule has 3 nitrogen and oxygen atoms in total. The SMILES string of the molecule is COC1=N[C@@H](Cc2ccccc2)C(=O)C=C1Cl. The molecular formula is C13H12ClNO2. The van der Waals surface area contributed by atoms with Gasteiger partial charge in [0.25, 0.3) is 0 Å². The smallest absolute Gasteiger partial charge is 0.228 e. The summed E-state index contributed by atoms with van der Waals surface area (Å²) >= 11 is 5.83. The van der Waals surface area contributed by atoms with Gasteiger partial charge in [0.1, 0.15) is 11.1 Å². The maximum atomic E-state index is 11.7. The lowest BCUT2D eigenvalue weighted by atomic mass is 10.0. The topological polar surface area (TPSA) is 38.7 Å². The van der Waals surface area contributed by atoms with E-state index in [-0.39, 0.29) is 10.8 Å². The molecule has 0 aliphatic carbocycles. The number of hydrogen-bond acceptors (Lipinski definition) is 3. The van der Waals surface area contributed by atoms with Crippen LogP contribution in [0.3, 0.4) is 0 Å². The third-order valence-electron chi connectivity index (χ3n) is 2.54. The van der Waals surface area contributed by atoms with Gasteiger partial charge in [-0.25, -0.2) is 4.99 Å². The molecule has 1 aliphatic heterocycles. The monoisotopic (exact) mass is 249 g/mol. The van der Waals surface area contributed by atoms with E-state index in [0.717, 1.165) is 5.56 Å². The van der Waals surface area contributed by atoms with Crippen molar-refractivity contribution in [2.45, 2.75) is 12.5 Å². The van der Waals surface area contributed by atoms with Crippen LogP contribution in [-0.2, 0) is 16.0 Å². The van der Waals surface area contributed by atoms with E-state index in [4.69, 9.17) is 16.3 Å². The molecule has 88 valence electrons.